The van der Waals surface area contributed by atoms with Gasteiger partial charge in [-0.25, -0.2) is 17.6 Å². The van der Waals surface area contributed by atoms with Crippen molar-refractivity contribution in [2.24, 2.45) is 14.1 Å². The van der Waals surface area contributed by atoms with Crippen LogP contribution in [0.3, 0.4) is 0 Å². The van der Waals surface area contributed by atoms with E-state index in [1.54, 1.807) is 22.7 Å². The van der Waals surface area contributed by atoms with Crippen molar-refractivity contribution in [3.8, 4) is 0 Å². The fourth-order valence-electron chi connectivity index (χ4n) is 7.01. The number of Topliss-reactive ketones (excluding diaryl/α,β-unsaturated/α-hetero) is 4. The van der Waals surface area contributed by atoms with Crippen molar-refractivity contribution in [3.63, 3.8) is 0 Å². The molecule has 0 saturated carbocycles. The largest absolute Gasteiger partial charge is 0.341 e. The Kier molecular flexibility index (Phi) is 5.86. The molecule has 50 heavy (non-hydrogen) atoms. The predicted molar refractivity (Wildman–Crippen MR) is 189 cm³/mol. The van der Waals surface area contributed by atoms with Gasteiger partial charge < -0.3 is 9.13 Å². The summed E-state index contributed by atoms with van der Waals surface area (Å²) < 4.78 is 65.7. The molecule has 2 aromatic carbocycles. The van der Waals surface area contributed by atoms with Crippen LogP contribution < -0.4 is 0 Å². The van der Waals surface area contributed by atoms with Crippen molar-refractivity contribution in [1.29, 1.82) is 0 Å². The molecule has 2 aliphatic rings. The summed E-state index contributed by atoms with van der Waals surface area (Å²) in [5, 5.41) is 0. The Hall–Kier alpha value is -5.02. The highest BCUT2D eigenvalue weighted by atomic mass is 32.1. The van der Waals surface area contributed by atoms with Crippen LogP contribution in [0.2, 0.25) is 0 Å². The van der Waals surface area contributed by atoms with E-state index in [-0.39, 0.29) is 33.4 Å². The van der Waals surface area contributed by atoms with E-state index in [9.17, 15) is 36.7 Å². The first-order valence-corrected chi connectivity index (χ1v) is 18.1. The second-order valence-corrected chi connectivity index (χ2v) is 16.3. The molecule has 244 valence electrons. The molecule has 0 spiro atoms. The highest BCUT2D eigenvalue weighted by Crippen LogP contribution is 2.52. The minimum Gasteiger partial charge on any atom is -0.341 e. The summed E-state index contributed by atoms with van der Waals surface area (Å²) in [4.78, 5) is 53.2. The van der Waals surface area contributed by atoms with Gasteiger partial charge in [0.1, 0.15) is 0 Å². The van der Waals surface area contributed by atoms with Crippen molar-refractivity contribution in [3.05, 3.63) is 103 Å². The highest BCUT2D eigenvalue weighted by molar-refractivity contribution is 7.40. The van der Waals surface area contributed by atoms with Gasteiger partial charge in [0.15, 0.2) is 46.4 Å². The van der Waals surface area contributed by atoms with Crippen molar-refractivity contribution in [2.45, 2.75) is 0 Å². The lowest BCUT2D eigenvalue weighted by molar-refractivity contribution is 0.0975. The molecule has 0 amide bonds. The zero-order valence-electron chi connectivity index (χ0n) is 25.3. The van der Waals surface area contributed by atoms with Crippen LogP contribution >= 0.6 is 45.3 Å². The predicted octanol–water partition coefficient (Wildman–Crippen LogP) is 9.86. The maximum absolute atomic E-state index is 13.8. The molecule has 0 atom stereocenters. The van der Waals surface area contributed by atoms with Gasteiger partial charge in [-0.3, -0.25) is 19.2 Å². The van der Waals surface area contributed by atoms with Gasteiger partial charge in [0, 0.05) is 46.1 Å². The van der Waals surface area contributed by atoms with Gasteiger partial charge >= 0.3 is 0 Å². The van der Waals surface area contributed by atoms with Gasteiger partial charge in [-0.05, 0) is 48.6 Å². The third-order valence-electron chi connectivity index (χ3n) is 9.39. The number of hydrogen-bond donors (Lipinski definition) is 0. The van der Waals surface area contributed by atoms with E-state index >= 15 is 0 Å². The first-order chi connectivity index (χ1) is 23.9. The Labute approximate surface area is 292 Å². The van der Waals surface area contributed by atoms with E-state index in [4.69, 9.17) is 0 Å². The van der Waals surface area contributed by atoms with Crippen molar-refractivity contribution < 1.29 is 36.7 Å². The normalized spacial score (nSPS) is 14.7. The number of carbonyl (C=O) groups excluding carboxylic acids is 4. The summed E-state index contributed by atoms with van der Waals surface area (Å²) in [6, 6.07) is 6.88. The number of hydrogen-bond acceptors (Lipinski definition) is 8. The first kappa shape index (κ1) is 29.9. The summed E-state index contributed by atoms with van der Waals surface area (Å²) in [6.07, 6.45) is 2.98. The molecule has 6 heterocycles. The van der Waals surface area contributed by atoms with E-state index in [0.29, 0.717) is 9.75 Å². The number of halogens is 4. The third-order valence-corrected chi connectivity index (χ3v) is 14.4. The van der Waals surface area contributed by atoms with Crippen LogP contribution in [-0.2, 0) is 14.1 Å². The van der Waals surface area contributed by atoms with Crippen LogP contribution in [0.5, 0.6) is 0 Å². The Morgan fingerprint density at radius 3 is 1.08 bits per heavy atom. The minimum atomic E-state index is -1.18. The molecule has 6 nitrogen and oxygen atoms in total. The van der Waals surface area contributed by atoms with Crippen LogP contribution in [0, 0.1) is 23.3 Å². The number of fused-ring (bicyclic) bond motifs is 11. The fraction of sp³-hybridized carbons (Fsp3) is 0.0556. The Morgan fingerprint density at radius 1 is 0.460 bits per heavy atom. The van der Waals surface area contributed by atoms with Crippen LogP contribution in [0.25, 0.3) is 62.4 Å². The number of aromatic nitrogens is 2. The summed E-state index contributed by atoms with van der Waals surface area (Å²) in [5.74, 6) is -7.26. The molecule has 0 N–H and O–H groups in total. The average Bonchev–Trinajstić information content (AvgIpc) is 3.94. The number of nitrogens with zero attached hydrogens (tertiary/aromatic N) is 2. The third kappa shape index (κ3) is 3.71. The Balaban J connectivity index is 1.06. The summed E-state index contributed by atoms with van der Waals surface area (Å²) in [7, 11) is 3.91. The summed E-state index contributed by atoms with van der Waals surface area (Å²) >= 11 is 6.14. The number of rotatable bonds is 2. The minimum absolute atomic E-state index is 0.130. The number of carbonyl (C=O) groups is 4. The average molecular weight is 743 g/mol. The quantitative estimate of drug-likeness (QED) is 0.100. The van der Waals surface area contributed by atoms with Gasteiger partial charge in [-0.1, -0.05) is 0 Å². The zero-order valence-corrected chi connectivity index (χ0v) is 28.6. The maximum atomic E-state index is 13.8. The molecule has 0 saturated heterocycles. The fourth-order valence-corrected chi connectivity index (χ4v) is 12.6. The molecular weight excluding hydrogens is 729 g/mol. The lowest BCUT2D eigenvalue weighted by atomic mass is 10.1. The maximum Gasteiger partial charge on any atom is 0.197 e. The van der Waals surface area contributed by atoms with E-state index < -0.39 is 46.4 Å². The zero-order chi connectivity index (χ0) is 34.7. The van der Waals surface area contributed by atoms with Crippen LogP contribution in [0.1, 0.15) is 51.2 Å². The number of thiophene rings is 4. The molecule has 14 heteroatoms. The molecule has 0 bridgehead atoms. The SMILES string of the molecule is Cn1c2cc(C=C3C(=O)c4cc(F)c(F)cc4C3=O)sc2c2sc3c(sc4c5sc(C=C6C(=O)c7cc(F)c(F)cc7C6=O)cc5n(C)c43)c21. The van der Waals surface area contributed by atoms with E-state index in [2.05, 4.69) is 9.13 Å². The van der Waals surface area contributed by atoms with Crippen LogP contribution in [0.15, 0.2) is 47.5 Å². The summed E-state index contributed by atoms with van der Waals surface area (Å²) in [6.45, 7) is 0. The van der Waals surface area contributed by atoms with E-state index in [1.165, 1.54) is 34.8 Å². The smallest absolute Gasteiger partial charge is 0.197 e. The number of allylic oxidation sites excluding steroid dienone is 2. The second kappa shape index (κ2) is 9.82. The van der Waals surface area contributed by atoms with Gasteiger partial charge in [0.2, 0.25) is 0 Å². The van der Waals surface area contributed by atoms with Crippen LogP contribution in [0.4, 0.5) is 17.6 Å². The van der Waals surface area contributed by atoms with Crippen molar-refractivity contribution >= 4 is 131 Å². The molecule has 0 unspecified atom stereocenters. The lowest BCUT2D eigenvalue weighted by Gasteiger charge is -1.96. The standard InChI is InChI=1S/C36H14F4N2O4S4/c1-41-23-5-11(3-17-27(43)13-7-19(37)20(38)8-14(13)28(17)44)47-31(23)33-25(41)35-36(49-33)26-34(50-35)32-24(42(26)2)6-12(48-32)4-18-29(45)15-9-21(39)22(40)10-16(15)30(18)46/h3-10H,1-2H3. The number of ketones is 4. The van der Waals surface area contributed by atoms with Gasteiger partial charge in [0.25, 0.3) is 0 Å². The van der Waals surface area contributed by atoms with Crippen molar-refractivity contribution in [2.75, 3.05) is 0 Å². The van der Waals surface area contributed by atoms with Crippen molar-refractivity contribution in [1.82, 2.24) is 9.13 Å². The Morgan fingerprint density at radius 2 is 0.760 bits per heavy atom. The van der Waals surface area contributed by atoms with Gasteiger partial charge in [-0.15, -0.1) is 45.3 Å². The second-order valence-electron chi connectivity index (χ2n) is 12.1. The molecule has 10 rings (SSSR count). The van der Waals surface area contributed by atoms with Gasteiger partial charge in [-0.2, -0.15) is 0 Å². The molecule has 0 radical (unpaired) electrons. The van der Waals surface area contributed by atoms with Crippen LogP contribution in [-0.4, -0.2) is 32.3 Å². The number of aryl methyl sites for hydroxylation is 2. The first-order valence-electron chi connectivity index (χ1n) is 14.9. The molecule has 6 aromatic heterocycles. The molecule has 2 aliphatic carbocycles. The van der Waals surface area contributed by atoms with Gasteiger partial charge in [0.05, 0.1) is 61.4 Å². The molecule has 0 fully saturated rings. The topological polar surface area (TPSA) is 78.1 Å². The molecular formula is C36H14F4N2O4S4. The highest BCUT2D eigenvalue weighted by Gasteiger charge is 2.36. The monoisotopic (exact) mass is 742 g/mol. The lowest BCUT2D eigenvalue weighted by Crippen LogP contribution is -1.99. The molecule has 0 aliphatic heterocycles. The Bertz CT molecular complexity index is 2790. The van der Waals surface area contributed by atoms with E-state index in [0.717, 1.165) is 74.5 Å². The summed E-state index contributed by atoms with van der Waals surface area (Å²) in [5.41, 5.74) is 3.09. The van der Waals surface area contributed by atoms with E-state index in [1.807, 2.05) is 26.2 Å². The number of benzene rings is 2. The molecule has 8 aromatic rings.